The van der Waals surface area contributed by atoms with Crippen molar-refractivity contribution in [3.8, 4) is 22.3 Å². The molecule has 0 saturated heterocycles. The minimum absolute atomic E-state index is 0.735. The smallest absolute Gasteiger partial charge is 0.172 e. The Balaban J connectivity index is 1.47. The summed E-state index contributed by atoms with van der Waals surface area (Å²) in [7, 11) is -3.38. The first kappa shape index (κ1) is 22.7. The Labute approximate surface area is 235 Å². The van der Waals surface area contributed by atoms with Gasteiger partial charge in [0.2, 0.25) is 0 Å². The summed E-state index contributed by atoms with van der Waals surface area (Å²) in [5, 5.41) is 7.60. The molecule has 1 unspecified atom stereocenters. The first-order valence-electron chi connectivity index (χ1n) is 13.6. The lowest BCUT2D eigenvalue weighted by Crippen LogP contribution is -2.26. The van der Waals surface area contributed by atoms with Crippen LogP contribution in [-0.2, 0) is 4.57 Å². The largest absolute Gasteiger partial charge is 0.456 e. The zero-order valence-electron chi connectivity index (χ0n) is 21.8. The fourth-order valence-electron chi connectivity index (χ4n) is 6.69. The summed E-state index contributed by atoms with van der Waals surface area (Å²) < 4.78 is 22.3. The summed E-state index contributed by atoms with van der Waals surface area (Å²) in [6.07, 6.45) is 3.49. The first-order chi connectivity index (χ1) is 20.2. The van der Waals surface area contributed by atoms with Gasteiger partial charge in [0.05, 0.1) is 5.52 Å². The zero-order chi connectivity index (χ0) is 27.1. The molecule has 0 fully saturated rings. The molecule has 6 aromatic carbocycles. The Morgan fingerprint density at radius 2 is 1.20 bits per heavy atom. The topological polar surface area (TPSA) is 56.0 Å². The summed E-state index contributed by atoms with van der Waals surface area (Å²) in [5.74, 6) is 0. The lowest BCUT2D eigenvalue weighted by molar-refractivity contribution is 0.592. The van der Waals surface area contributed by atoms with Crippen molar-refractivity contribution in [1.82, 2.24) is 9.97 Å². The van der Waals surface area contributed by atoms with Gasteiger partial charge < -0.3 is 8.98 Å². The van der Waals surface area contributed by atoms with E-state index in [4.69, 9.17) is 9.40 Å². The molecule has 192 valence electrons. The molecule has 0 amide bonds. The fourth-order valence-corrected chi connectivity index (χ4v) is 9.74. The van der Waals surface area contributed by atoms with E-state index >= 15 is 4.57 Å². The highest BCUT2D eigenvalue weighted by molar-refractivity contribution is 7.85. The average Bonchev–Trinajstić information content (AvgIpc) is 3.37. The van der Waals surface area contributed by atoms with E-state index in [1.54, 1.807) is 6.33 Å². The maximum Gasteiger partial charge on any atom is 0.172 e. The van der Waals surface area contributed by atoms with Gasteiger partial charge in [0, 0.05) is 49.4 Å². The molecule has 0 spiro atoms. The molecule has 1 atom stereocenters. The summed E-state index contributed by atoms with van der Waals surface area (Å²) in [6.45, 7) is 0. The third-order valence-electron chi connectivity index (χ3n) is 8.44. The van der Waals surface area contributed by atoms with Gasteiger partial charge >= 0.3 is 0 Å². The first-order valence-corrected chi connectivity index (χ1v) is 15.3. The van der Waals surface area contributed by atoms with Crippen LogP contribution in [0.2, 0.25) is 0 Å². The molecule has 1 aliphatic heterocycles. The molecule has 3 heterocycles. The SMILES string of the molecule is O=P1(c2ccc3c(c2)oc2ccccc23)c2ccccc2-c2c(c3ncncc3c3ccccc23)-c2ccccc21. The summed E-state index contributed by atoms with van der Waals surface area (Å²) in [6, 6.07) is 38.7. The molecule has 8 aromatic rings. The number of benzene rings is 6. The Morgan fingerprint density at radius 3 is 2.00 bits per heavy atom. The second-order valence-corrected chi connectivity index (χ2v) is 13.2. The zero-order valence-corrected chi connectivity index (χ0v) is 22.7. The molecule has 1 aliphatic rings. The molecule has 4 nitrogen and oxygen atoms in total. The molecule has 0 N–H and O–H groups in total. The van der Waals surface area contributed by atoms with Gasteiger partial charge in [-0.1, -0.05) is 91.0 Å². The standard InChI is InChI=1S/C36H21N2O2P/c39-41(22-17-18-25-24-10-3-6-14-30(24)40-31(25)19-22)32-15-7-4-12-27(32)34-26-11-2-1-9-23(26)29-20-37-21-38-36(29)35(34)28-13-5-8-16-33(28)41/h1-21H. The Morgan fingerprint density at radius 1 is 0.561 bits per heavy atom. The van der Waals surface area contributed by atoms with E-state index in [1.807, 2.05) is 79.0 Å². The van der Waals surface area contributed by atoms with Gasteiger partial charge in [0.1, 0.15) is 17.5 Å². The minimum Gasteiger partial charge on any atom is -0.456 e. The van der Waals surface area contributed by atoms with Crippen LogP contribution < -0.4 is 15.9 Å². The number of aromatic nitrogens is 2. The van der Waals surface area contributed by atoms with E-state index in [0.29, 0.717) is 0 Å². The summed E-state index contributed by atoms with van der Waals surface area (Å²) >= 11 is 0. The van der Waals surface area contributed by atoms with Gasteiger partial charge in [-0.15, -0.1) is 0 Å². The second kappa shape index (κ2) is 8.23. The number of hydrogen-bond acceptors (Lipinski definition) is 4. The minimum atomic E-state index is -3.38. The van der Waals surface area contributed by atoms with E-state index in [0.717, 1.165) is 81.8 Å². The van der Waals surface area contributed by atoms with E-state index < -0.39 is 7.14 Å². The molecule has 41 heavy (non-hydrogen) atoms. The number of rotatable bonds is 1. The summed E-state index contributed by atoms with van der Waals surface area (Å²) in [4.78, 5) is 9.21. The average molecular weight is 545 g/mol. The van der Waals surface area contributed by atoms with E-state index in [-0.39, 0.29) is 0 Å². The van der Waals surface area contributed by atoms with Crippen molar-refractivity contribution in [2.45, 2.75) is 0 Å². The van der Waals surface area contributed by atoms with Crippen molar-refractivity contribution in [3.63, 3.8) is 0 Å². The normalized spacial score (nSPS) is 16.0. The maximum atomic E-state index is 16.0. The molecule has 0 bridgehead atoms. The van der Waals surface area contributed by atoms with Crippen LogP contribution in [-0.4, -0.2) is 9.97 Å². The van der Waals surface area contributed by atoms with Gasteiger partial charge in [-0.3, -0.25) is 0 Å². The van der Waals surface area contributed by atoms with Crippen LogP contribution in [0, 0.1) is 0 Å². The number of nitrogens with zero attached hydrogens (tertiary/aromatic N) is 2. The molecule has 0 saturated carbocycles. The molecule has 0 radical (unpaired) electrons. The number of para-hydroxylation sites is 1. The third-order valence-corrected chi connectivity index (χ3v) is 11.6. The highest BCUT2D eigenvalue weighted by Crippen LogP contribution is 2.54. The molecule has 0 aliphatic carbocycles. The quantitative estimate of drug-likeness (QED) is 0.155. The molecule has 9 rings (SSSR count). The van der Waals surface area contributed by atoms with E-state index in [2.05, 4.69) is 47.4 Å². The highest BCUT2D eigenvalue weighted by atomic mass is 31.2. The number of furan rings is 1. The van der Waals surface area contributed by atoms with Crippen LogP contribution in [0.5, 0.6) is 0 Å². The van der Waals surface area contributed by atoms with Crippen LogP contribution >= 0.6 is 7.14 Å². The number of fused-ring (bicyclic) bond motifs is 13. The molecular weight excluding hydrogens is 523 g/mol. The van der Waals surface area contributed by atoms with Crippen molar-refractivity contribution in [3.05, 3.63) is 128 Å². The number of hydrogen-bond donors (Lipinski definition) is 0. The van der Waals surface area contributed by atoms with Crippen molar-refractivity contribution in [2.75, 3.05) is 0 Å². The Hall–Kier alpha value is -5.05. The summed E-state index contributed by atoms with van der Waals surface area (Å²) in [5.41, 5.74) is 6.36. The van der Waals surface area contributed by atoms with E-state index in [1.165, 1.54) is 0 Å². The fraction of sp³-hybridized carbons (Fsp3) is 0. The van der Waals surface area contributed by atoms with Crippen molar-refractivity contribution in [1.29, 1.82) is 0 Å². The monoisotopic (exact) mass is 544 g/mol. The molecular formula is C36H21N2O2P. The van der Waals surface area contributed by atoms with Gasteiger partial charge in [-0.25, -0.2) is 9.97 Å². The van der Waals surface area contributed by atoms with Crippen LogP contribution in [0.25, 0.3) is 65.9 Å². The third kappa shape index (κ3) is 2.97. The van der Waals surface area contributed by atoms with E-state index in [9.17, 15) is 0 Å². The lowest BCUT2D eigenvalue weighted by atomic mass is 9.87. The highest BCUT2D eigenvalue weighted by Gasteiger charge is 2.39. The van der Waals surface area contributed by atoms with Crippen LogP contribution in [0.15, 0.2) is 132 Å². The lowest BCUT2D eigenvalue weighted by Gasteiger charge is -2.22. The van der Waals surface area contributed by atoms with Gasteiger partial charge in [0.15, 0.2) is 7.14 Å². The maximum absolute atomic E-state index is 16.0. The van der Waals surface area contributed by atoms with Gasteiger partial charge in [-0.05, 0) is 46.2 Å². The van der Waals surface area contributed by atoms with Gasteiger partial charge in [-0.2, -0.15) is 0 Å². The van der Waals surface area contributed by atoms with Crippen LogP contribution in [0.1, 0.15) is 0 Å². The van der Waals surface area contributed by atoms with Crippen molar-refractivity contribution >= 4 is 66.7 Å². The second-order valence-electron chi connectivity index (χ2n) is 10.5. The Bertz CT molecular complexity index is 2310. The van der Waals surface area contributed by atoms with Crippen molar-refractivity contribution < 1.29 is 8.98 Å². The predicted molar refractivity (Wildman–Crippen MR) is 168 cm³/mol. The van der Waals surface area contributed by atoms with Crippen LogP contribution in [0.4, 0.5) is 0 Å². The molecule has 2 aromatic heterocycles. The Kier molecular flexibility index (Phi) is 4.57. The van der Waals surface area contributed by atoms with Crippen molar-refractivity contribution in [2.24, 2.45) is 0 Å². The molecule has 5 heteroatoms. The van der Waals surface area contributed by atoms with Crippen LogP contribution in [0.3, 0.4) is 0 Å². The van der Waals surface area contributed by atoms with Gasteiger partial charge in [0.25, 0.3) is 0 Å². The predicted octanol–water partition coefficient (Wildman–Crippen LogP) is 7.97.